The maximum Gasteiger partial charge on any atom is 0.306 e. The standard InChI is InChI=1S/C5H9FO4S/c1-2-10-5(7)3-4-11(6,8)9/h2-4H2,1H3. The third kappa shape index (κ3) is 7.24. The van der Waals surface area contributed by atoms with E-state index in [-0.39, 0.29) is 6.61 Å². The first kappa shape index (κ1) is 10.3. The van der Waals surface area contributed by atoms with Crippen molar-refractivity contribution in [2.75, 3.05) is 12.4 Å². The molecule has 0 radical (unpaired) electrons. The van der Waals surface area contributed by atoms with Gasteiger partial charge >= 0.3 is 16.2 Å². The zero-order valence-electron chi connectivity index (χ0n) is 6.04. The van der Waals surface area contributed by atoms with Crippen molar-refractivity contribution in [1.82, 2.24) is 0 Å². The van der Waals surface area contributed by atoms with Crippen molar-refractivity contribution in [3.63, 3.8) is 0 Å². The first-order valence-corrected chi connectivity index (χ1v) is 4.59. The molecule has 0 aromatic carbocycles. The van der Waals surface area contributed by atoms with Crippen LogP contribution in [0.15, 0.2) is 0 Å². The van der Waals surface area contributed by atoms with E-state index in [1.54, 1.807) is 6.92 Å². The van der Waals surface area contributed by atoms with Gasteiger partial charge in [-0.05, 0) is 6.92 Å². The zero-order valence-corrected chi connectivity index (χ0v) is 6.86. The van der Waals surface area contributed by atoms with Crippen LogP contribution in [0.25, 0.3) is 0 Å². The molecule has 0 amide bonds. The fourth-order valence-corrected chi connectivity index (χ4v) is 0.849. The third-order valence-corrected chi connectivity index (χ3v) is 1.55. The Morgan fingerprint density at radius 2 is 2.09 bits per heavy atom. The summed E-state index contributed by atoms with van der Waals surface area (Å²) < 4.78 is 35.9. The van der Waals surface area contributed by atoms with Crippen LogP contribution in [0.1, 0.15) is 13.3 Å². The molecule has 11 heavy (non-hydrogen) atoms. The summed E-state index contributed by atoms with van der Waals surface area (Å²) in [6.07, 6.45) is -0.424. The average molecular weight is 184 g/mol. The normalized spacial score (nSPS) is 11.1. The van der Waals surface area contributed by atoms with E-state index in [1.165, 1.54) is 0 Å². The lowest BCUT2D eigenvalue weighted by Gasteiger charge is -1.97. The Morgan fingerprint density at radius 1 is 1.55 bits per heavy atom. The third-order valence-electron chi connectivity index (χ3n) is 0.855. The van der Waals surface area contributed by atoms with Crippen LogP contribution in [0, 0.1) is 0 Å². The maximum atomic E-state index is 11.8. The van der Waals surface area contributed by atoms with Gasteiger partial charge in [-0.15, -0.1) is 3.89 Å². The highest BCUT2D eigenvalue weighted by Crippen LogP contribution is 1.95. The van der Waals surface area contributed by atoms with Gasteiger partial charge in [0.15, 0.2) is 0 Å². The zero-order chi connectivity index (χ0) is 8.91. The largest absolute Gasteiger partial charge is 0.466 e. The molecular weight excluding hydrogens is 175 g/mol. The minimum absolute atomic E-state index is 0.172. The van der Waals surface area contributed by atoms with Crippen LogP contribution in [0.4, 0.5) is 3.89 Å². The van der Waals surface area contributed by atoms with Gasteiger partial charge < -0.3 is 4.74 Å². The van der Waals surface area contributed by atoms with Crippen molar-refractivity contribution < 1.29 is 21.8 Å². The molecule has 0 aliphatic rings. The molecule has 0 N–H and O–H groups in total. The summed E-state index contributed by atoms with van der Waals surface area (Å²) in [5.41, 5.74) is 0. The molecule has 0 spiro atoms. The van der Waals surface area contributed by atoms with Crippen molar-refractivity contribution in [2.24, 2.45) is 0 Å². The molecular formula is C5H9FO4S. The van der Waals surface area contributed by atoms with Gasteiger partial charge in [-0.3, -0.25) is 4.79 Å². The number of esters is 1. The van der Waals surface area contributed by atoms with Crippen molar-refractivity contribution in [2.45, 2.75) is 13.3 Å². The van der Waals surface area contributed by atoms with Crippen LogP contribution in [0.5, 0.6) is 0 Å². The Balaban J connectivity index is 3.64. The smallest absolute Gasteiger partial charge is 0.306 e. The van der Waals surface area contributed by atoms with Gasteiger partial charge in [-0.25, -0.2) is 0 Å². The van der Waals surface area contributed by atoms with Crippen LogP contribution in [0.2, 0.25) is 0 Å². The Bertz CT molecular complexity index is 221. The van der Waals surface area contributed by atoms with E-state index in [4.69, 9.17) is 0 Å². The molecule has 0 saturated carbocycles. The van der Waals surface area contributed by atoms with Crippen LogP contribution in [-0.2, 0) is 19.8 Å². The average Bonchev–Trinajstić information content (AvgIpc) is 1.83. The molecule has 6 heteroatoms. The summed E-state index contributed by atoms with van der Waals surface area (Å²) >= 11 is 0. The highest BCUT2D eigenvalue weighted by atomic mass is 32.3. The minimum atomic E-state index is -4.54. The van der Waals surface area contributed by atoms with E-state index in [2.05, 4.69) is 4.74 Å². The monoisotopic (exact) mass is 184 g/mol. The molecule has 0 bridgehead atoms. The summed E-state index contributed by atoms with van der Waals surface area (Å²) in [7, 11) is -4.54. The van der Waals surface area contributed by atoms with Gasteiger partial charge in [-0.2, -0.15) is 8.42 Å². The van der Waals surface area contributed by atoms with Gasteiger partial charge in [0.25, 0.3) is 0 Å². The van der Waals surface area contributed by atoms with Crippen LogP contribution in [0.3, 0.4) is 0 Å². The quantitative estimate of drug-likeness (QED) is 0.464. The van der Waals surface area contributed by atoms with E-state index in [0.29, 0.717) is 0 Å². The molecule has 0 saturated heterocycles. The molecule has 0 aromatic rings. The summed E-state index contributed by atoms with van der Waals surface area (Å²) in [6.45, 7) is 1.76. The number of halogens is 1. The van der Waals surface area contributed by atoms with E-state index >= 15 is 0 Å². The topological polar surface area (TPSA) is 60.4 Å². The van der Waals surface area contributed by atoms with Crippen molar-refractivity contribution in [1.29, 1.82) is 0 Å². The summed E-state index contributed by atoms with van der Waals surface area (Å²) in [5.74, 6) is -1.50. The minimum Gasteiger partial charge on any atom is -0.466 e. The molecule has 0 fully saturated rings. The molecule has 0 aliphatic heterocycles. The fourth-order valence-electron chi connectivity index (χ4n) is 0.438. The molecule has 0 rings (SSSR count). The van der Waals surface area contributed by atoms with Gasteiger partial charge in [-0.1, -0.05) is 0 Å². The van der Waals surface area contributed by atoms with Crippen LogP contribution < -0.4 is 0 Å². The lowest BCUT2D eigenvalue weighted by Crippen LogP contribution is -2.09. The SMILES string of the molecule is CCOC(=O)CCS(=O)(=O)F. The second-order valence-electron chi connectivity index (χ2n) is 1.80. The van der Waals surface area contributed by atoms with E-state index in [0.717, 1.165) is 0 Å². The lowest BCUT2D eigenvalue weighted by atomic mass is 10.5. The van der Waals surface area contributed by atoms with E-state index in [9.17, 15) is 17.1 Å². The van der Waals surface area contributed by atoms with E-state index in [1.807, 2.05) is 0 Å². The fraction of sp³-hybridized carbons (Fsp3) is 0.800. The molecule has 0 heterocycles. The van der Waals surface area contributed by atoms with Crippen LogP contribution in [-0.4, -0.2) is 26.7 Å². The highest BCUT2D eigenvalue weighted by molar-refractivity contribution is 7.86. The summed E-state index contributed by atoms with van der Waals surface area (Å²) in [5, 5.41) is 0. The highest BCUT2D eigenvalue weighted by Gasteiger charge is 2.11. The van der Waals surface area contributed by atoms with Crippen molar-refractivity contribution >= 4 is 16.2 Å². The number of carbonyl (C=O) groups excluding carboxylic acids is 1. The lowest BCUT2D eigenvalue weighted by molar-refractivity contribution is -0.142. The second-order valence-corrected chi connectivity index (χ2v) is 3.28. The number of hydrogen-bond acceptors (Lipinski definition) is 4. The number of hydrogen-bond donors (Lipinski definition) is 0. The van der Waals surface area contributed by atoms with Crippen molar-refractivity contribution in [3.05, 3.63) is 0 Å². The predicted octanol–water partition coefficient (Wildman–Crippen LogP) is 0.239. The first-order chi connectivity index (χ1) is 4.95. The van der Waals surface area contributed by atoms with Gasteiger partial charge in [0.1, 0.15) is 0 Å². The maximum absolute atomic E-state index is 11.8. The van der Waals surface area contributed by atoms with Gasteiger partial charge in [0, 0.05) is 0 Å². The Morgan fingerprint density at radius 3 is 2.45 bits per heavy atom. The van der Waals surface area contributed by atoms with Gasteiger partial charge in [0.2, 0.25) is 0 Å². The Hall–Kier alpha value is -0.650. The number of rotatable bonds is 4. The second kappa shape index (κ2) is 4.27. The van der Waals surface area contributed by atoms with E-state index < -0.39 is 28.4 Å². The summed E-state index contributed by atoms with van der Waals surface area (Å²) in [6, 6.07) is 0. The molecule has 4 nitrogen and oxygen atoms in total. The molecule has 0 aliphatic carbocycles. The number of carbonyl (C=O) groups is 1. The van der Waals surface area contributed by atoms with Crippen LogP contribution >= 0.6 is 0 Å². The predicted molar refractivity (Wildman–Crippen MR) is 36.1 cm³/mol. The first-order valence-electron chi connectivity index (χ1n) is 3.03. The molecule has 66 valence electrons. The van der Waals surface area contributed by atoms with Gasteiger partial charge in [0.05, 0.1) is 18.8 Å². The number of ether oxygens (including phenoxy) is 1. The molecule has 0 unspecified atom stereocenters. The summed E-state index contributed by atoms with van der Waals surface area (Å²) in [4.78, 5) is 10.4. The Labute approximate surface area is 64.6 Å². The molecule has 0 aromatic heterocycles. The van der Waals surface area contributed by atoms with Crippen molar-refractivity contribution in [3.8, 4) is 0 Å². The molecule has 0 atom stereocenters. The Kier molecular flexibility index (Phi) is 4.02.